The van der Waals surface area contributed by atoms with Crippen molar-refractivity contribution < 1.29 is 14.3 Å². The second-order valence-corrected chi connectivity index (χ2v) is 1.68. The van der Waals surface area contributed by atoms with Crippen molar-refractivity contribution in [1.82, 2.24) is 4.90 Å². The Morgan fingerprint density at radius 3 is 2.80 bits per heavy atom. The number of rotatable bonds is 4. The van der Waals surface area contributed by atoms with Crippen molar-refractivity contribution in [2.45, 2.75) is 0 Å². The Kier molecular flexibility index (Phi) is 4.02. The van der Waals surface area contributed by atoms with Crippen LogP contribution in [-0.4, -0.2) is 37.6 Å². The highest BCUT2D eigenvalue weighted by Gasteiger charge is 1.96. The number of nitrogens with zero attached hydrogens (tertiary/aromatic N) is 1. The van der Waals surface area contributed by atoms with Crippen LogP contribution in [0.25, 0.3) is 0 Å². The number of carbonyl (C=O) groups is 1. The summed E-state index contributed by atoms with van der Waals surface area (Å²) in [5, 5.41) is 0. The zero-order chi connectivity index (χ0) is 7.98. The van der Waals surface area contributed by atoms with Gasteiger partial charge in [0.1, 0.15) is 6.61 Å². The minimum absolute atomic E-state index is 0.112. The van der Waals surface area contributed by atoms with Gasteiger partial charge in [-0.2, -0.15) is 0 Å². The summed E-state index contributed by atoms with van der Waals surface area (Å²) < 4.78 is 4.33. The number of hydrogen-bond acceptors (Lipinski definition) is 3. The SMILES string of the molecule is CN([C]=O)CCOC(N)=O. The summed E-state index contributed by atoms with van der Waals surface area (Å²) >= 11 is 0. The van der Waals surface area contributed by atoms with Crippen LogP contribution in [0.15, 0.2) is 0 Å². The van der Waals surface area contributed by atoms with Crippen LogP contribution in [0.2, 0.25) is 0 Å². The lowest BCUT2D eigenvalue weighted by molar-refractivity contribution is 0.150. The van der Waals surface area contributed by atoms with Gasteiger partial charge in [0.15, 0.2) is 0 Å². The van der Waals surface area contributed by atoms with Crippen molar-refractivity contribution in [3.05, 3.63) is 0 Å². The molecule has 5 heteroatoms. The Hall–Kier alpha value is -1.26. The molecular weight excluding hydrogens is 136 g/mol. The highest BCUT2D eigenvalue weighted by Crippen LogP contribution is 1.77. The van der Waals surface area contributed by atoms with Gasteiger partial charge in [0.25, 0.3) is 0 Å². The monoisotopic (exact) mass is 145 g/mol. The largest absolute Gasteiger partial charge is 0.448 e. The minimum Gasteiger partial charge on any atom is -0.448 e. The summed E-state index contributed by atoms with van der Waals surface area (Å²) in [6.07, 6.45) is 0.756. The third-order valence-electron chi connectivity index (χ3n) is 0.827. The number of primary amides is 1. The van der Waals surface area contributed by atoms with Gasteiger partial charge in [0.2, 0.25) is 0 Å². The first-order valence-electron chi connectivity index (χ1n) is 2.68. The molecule has 0 atom stereocenters. The lowest BCUT2D eigenvalue weighted by atomic mass is 10.6. The van der Waals surface area contributed by atoms with Gasteiger partial charge >= 0.3 is 12.5 Å². The molecule has 2 N–H and O–H groups in total. The first-order chi connectivity index (χ1) is 4.66. The second kappa shape index (κ2) is 4.60. The molecule has 0 aliphatic heterocycles. The highest BCUT2D eigenvalue weighted by atomic mass is 16.5. The molecule has 2 amide bonds. The Morgan fingerprint density at radius 1 is 1.80 bits per heavy atom. The third-order valence-corrected chi connectivity index (χ3v) is 0.827. The number of carbonyl (C=O) groups excluding carboxylic acids is 2. The summed E-state index contributed by atoms with van der Waals surface area (Å²) in [4.78, 5) is 21.0. The predicted molar refractivity (Wildman–Crippen MR) is 33.9 cm³/mol. The Morgan fingerprint density at radius 2 is 2.40 bits per heavy atom. The van der Waals surface area contributed by atoms with E-state index in [1.54, 1.807) is 6.41 Å². The van der Waals surface area contributed by atoms with E-state index in [2.05, 4.69) is 10.5 Å². The van der Waals surface area contributed by atoms with Gasteiger partial charge in [-0.15, -0.1) is 0 Å². The maximum absolute atomic E-state index is 9.95. The number of likely N-dealkylation sites (N-methyl/N-ethyl adjacent to an activating group) is 1. The van der Waals surface area contributed by atoms with Crippen LogP contribution in [0.1, 0.15) is 0 Å². The molecule has 0 fully saturated rings. The van der Waals surface area contributed by atoms with E-state index in [-0.39, 0.29) is 6.61 Å². The van der Waals surface area contributed by atoms with E-state index in [1.165, 1.54) is 11.9 Å². The minimum atomic E-state index is -0.834. The molecule has 0 aliphatic carbocycles. The maximum Gasteiger partial charge on any atom is 0.404 e. The topological polar surface area (TPSA) is 72.6 Å². The molecule has 0 bridgehead atoms. The van der Waals surface area contributed by atoms with Gasteiger partial charge < -0.3 is 15.4 Å². The first kappa shape index (κ1) is 8.74. The molecule has 0 aromatic carbocycles. The van der Waals surface area contributed by atoms with Gasteiger partial charge in [-0.1, -0.05) is 0 Å². The van der Waals surface area contributed by atoms with Crippen LogP contribution in [0, 0.1) is 0 Å². The van der Waals surface area contributed by atoms with Crippen LogP contribution in [0.4, 0.5) is 4.79 Å². The van der Waals surface area contributed by atoms with Crippen molar-refractivity contribution in [3.63, 3.8) is 0 Å². The quantitative estimate of drug-likeness (QED) is 0.520. The molecule has 0 unspecified atom stereocenters. The van der Waals surface area contributed by atoms with Crippen LogP contribution < -0.4 is 5.73 Å². The molecule has 0 saturated heterocycles. The van der Waals surface area contributed by atoms with Crippen LogP contribution in [0.3, 0.4) is 0 Å². The normalized spacial score (nSPS) is 8.50. The van der Waals surface area contributed by atoms with Crippen LogP contribution in [0.5, 0.6) is 0 Å². The zero-order valence-electron chi connectivity index (χ0n) is 5.66. The van der Waals surface area contributed by atoms with Gasteiger partial charge in [-0.05, 0) is 0 Å². The maximum atomic E-state index is 9.95. The van der Waals surface area contributed by atoms with Crippen LogP contribution >= 0.6 is 0 Å². The summed E-state index contributed by atoms with van der Waals surface area (Å²) in [5.74, 6) is 0. The highest BCUT2D eigenvalue weighted by molar-refractivity contribution is 5.64. The number of amides is 2. The van der Waals surface area contributed by atoms with Crippen molar-refractivity contribution in [2.24, 2.45) is 5.73 Å². The van der Waals surface area contributed by atoms with Crippen molar-refractivity contribution in [2.75, 3.05) is 20.2 Å². The Labute approximate surface area is 58.7 Å². The number of ether oxygens (including phenoxy) is 1. The van der Waals surface area contributed by atoms with Gasteiger partial charge in [-0.25, -0.2) is 4.79 Å². The van der Waals surface area contributed by atoms with E-state index < -0.39 is 6.09 Å². The number of nitrogens with two attached hydrogens (primary N) is 1. The predicted octanol–water partition coefficient (Wildman–Crippen LogP) is -0.919. The van der Waals surface area contributed by atoms with Crippen molar-refractivity contribution in [3.8, 4) is 0 Å². The van der Waals surface area contributed by atoms with Gasteiger partial charge in [0, 0.05) is 7.05 Å². The third kappa shape index (κ3) is 4.89. The van der Waals surface area contributed by atoms with Crippen molar-refractivity contribution in [1.29, 1.82) is 0 Å². The number of hydrogen-bond donors (Lipinski definition) is 1. The summed E-state index contributed by atoms with van der Waals surface area (Å²) in [6, 6.07) is 0. The van der Waals surface area contributed by atoms with E-state index in [4.69, 9.17) is 0 Å². The average Bonchev–Trinajstić information content (AvgIpc) is 1.87. The van der Waals surface area contributed by atoms with E-state index in [9.17, 15) is 9.59 Å². The fraction of sp³-hybridized carbons (Fsp3) is 0.600. The fourth-order valence-electron chi connectivity index (χ4n) is 0.329. The fourth-order valence-corrected chi connectivity index (χ4v) is 0.329. The zero-order valence-corrected chi connectivity index (χ0v) is 5.66. The molecule has 0 spiro atoms. The lowest BCUT2D eigenvalue weighted by Gasteiger charge is -2.07. The molecule has 1 radical (unpaired) electrons. The Bertz CT molecular complexity index is 126. The molecule has 0 aliphatic rings. The average molecular weight is 145 g/mol. The first-order valence-corrected chi connectivity index (χ1v) is 2.68. The van der Waals surface area contributed by atoms with E-state index >= 15 is 0 Å². The van der Waals surface area contributed by atoms with E-state index in [1.807, 2.05) is 0 Å². The standard InChI is InChI=1S/C5H9N2O3/c1-7(4-8)2-3-10-5(6)9/h2-3H2,1H3,(H2,6,9). The molecule has 10 heavy (non-hydrogen) atoms. The van der Waals surface area contributed by atoms with Crippen molar-refractivity contribution >= 4 is 12.5 Å². The molecule has 0 rings (SSSR count). The molecular formula is C5H9N2O3. The molecule has 0 aromatic rings. The van der Waals surface area contributed by atoms with E-state index in [0.29, 0.717) is 6.54 Å². The summed E-state index contributed by atoms with van der Waals surface area (Å²) in [7, 11) is 1.53. The molecule has 0 heterocycles. The van der Waals surface area contributed by atoms with Crippen LogP contribution in [-0.2, 0) is 9.53 Å². The smallest absolute Gasteiger partial charge is 0.404 e. The van der Waals surface area contributed by atoms with E-state index in [0.717, 1.165) is 0 Å². The molecule has 57 valence electrons. The Balaban J connectivity index is 3.19. The molecule has 0 aromatic heterocycles. The summed E-state index contributed by atoms with van der Waals surface area (Å²) in [6.45, 7) is 0.424. The van der Waals surface area contributed by atoms with Gasteiger partial charge in [0.05, 0.1) is 6.54 Å². The second-order valence-electron chi connectivity index (χ2n) is 1.68. The molecule has 5 nitrogen and oxygen atoms in total. The van der Waals surface area contributed by atoms with Gasteiger partial charge in [-0.3, -0.25) is 4.79 Å². The lowest BCUT2D eigenvalue weighted by Crippen LogP contribution is -2.24. The molecule has 0 saturated carbocycles. The summed E-state index contributed by atoms with van der Waals surface area (Å²) in [5.41, 5.74) is 4.64.